The first kappa shape index (κ1) is 25.8. The highest BCUT2D eigenvalue weighted by molar-refractivity contribution is 6.32. The van der Waals surface area contributed by atoms with Gasteiger partial charge in [0.05, 0.1) is 26.8 Å². The highest BCUT2D eigenvalue weighted by Gasteiger charge is 2.25. The van der Waals surface area contributed by atoms with Crippen LogP contribution in [0.5, 0.6) is 0 Å². The van der Waals surface area contributed by atoms with Crippen molar-refractivity contribution in [1.82, 2.24) is 24.6 Å². The molecule has 1 aliphatic heterocycles. The van der Waals surface area contributed by atoms with Gasteiger partial charge >= 0.3 is 0 Å². The maximum atomic E-state index is 14.0. The molecule has 0 atom stereocenters. The van der Waals surface area contributed by atoms with E-state index in [2.05, 4.69) is 9.80 Å². The van der Waals surface area contributed by atoms with Crippen LogP contribution in [0.15, 0.2) is 66.7 Å². The van der Waals surface area contributed by atoms with Gasteiger partial charge in [0, 0.05) is 43.3 Å². The molecule has 1 saturated heterocycles. The predicted molar refractivity (Wildman–Crippen MR) is 155 cm³/mol. The summed E-state index contributed by atoms with van der Waals surface area (Å²) >= 11 is 18.6. The lowest BCUT2D eigenvalue weighted by molar-refractivity contribution is 0.249. The van der Waals surface area contributed by atoms with Crippen molar-refractivity contribution in [3.8, 4) is 16.9 Å². The second-order valence-corrected chi connectivity index (χ2v) is 10.6. The van der Waals surface area contributed by atoms with Gasteiger partial charge in [-0.1, -0.05) is 59.1 Å². The lowest BCUT2D eigenvalue weighted by atomic mass is 10.1. The van der Waals surface area contributed by atoms with Gasteiger partial charge < -0.3 is 10.6 Å². The molecule has 7 nitrogen and oxygen atoms in total. The van der Waals surface area contributed by atoms with Gasteiger partial charge in [-0.25, -0.2) is 14.1 Å². The minimum Gasteiger partial charge on any atom is -0.383 e. The smallest absolute Gasteiger partial charge is 0.228 e. The van der Waals surface area contributed by atoms with Gasteiger partial charge in [-0.2, -0.15) is 4.98 Å². The van der Waals surface area contributed by atoms with Crippen LogP contribution in [-0.4, -0.2) is 50.8 Å². The molecule has 11 heteroatoms. The first-order valence-corrected chi connectivity index (χ1v) is 13.5. The molecule has 2 aromatic heterocycles. The third kappa shape index (κ3) is 5.13. The number of anilines is 2. The maximum absolute atomic E-state index is 14.0. The van der Waals surface area contributed by atoms with Gasteiger partial charge in [-0.15, -0.1) is 5.10 Å². The number of nitrogen functional groups attached to an aromatic ring is 1. The van der Waals surface area contributed by atoms with Crippen LogP contribution in [0.4, 0.5) is 16.2 Å². The van der Waals surface area contributed by atoms with Crippen molar-refractivity contribution in [2.45, 2.75) is 6.54 Å². The summed E-state index contributed by atoms with van der Waals surface area (Å²) in [6, 6.07) is 19.7. The Kier molecular flexibility index (Phi) is 7.03. The summed E-state index contributed by atoms with van der Waals surface area (Å²) in [6.07, 6.45) is 0. The molecular formula is C28H23Cl3FN7. The fourth-order valence-electron chi connectivity index (χ4n) is 4.76. The van der Waals surface area contributed by atoms with Crippen molar-refractivity contribution in [1.29, 1.82) is 0 Å². The molecule has 0 radical (unpaired) electrons. The predicted octanol–water partition coefficient (Wildman–Crippen LogP) is 6.49. The normalized spacial score (nSPS) is 14.3. The van der Waals surface area contributed by atoms with Crippen molar-refractivity contribution in [3.63, 3.8) is 0 Å². The number of fused-ring (bicyclic) bond motifs is 1. The van der Waals surface area contributed by atoms with Gasteiger partial charge in [0.2, 0.25) is 5.95 Å². The Hall–Kier alpha value is -3.43. The summed E-state index contributed by atoms with van der Waals surface area (Å²) < 4.78 is 15.6. The van der Waals surface area contributed by atoms with Crippen molar-refractivity contribution in [3.05, 3.63) is 93.2 Å². The second-order valence-electron chi connectivity index (χ2n) is 9.34. The van der Waals surface area contributed by atoms with Crippen molar-refractivity contribution < 1.29 is 4.39 Å². The van der Waals surface area contributed by atoms with E-state index in [1.165, 1.54) is 11.6 Å². The Balaban J connectivity index is 1.37. The van der Waals surface area contributed by atoms with E-state index in [-0.39, 0.29) is 5.02 Å². The van der Waals surface area contributed by atoms with Crippen LogP contribution in [0.1, 0.15) is 5.56 Å². The van der Waals surface area contributed by atoms with Crippen LogP contribution >= 0.6 is 34.8 Å². The van der Waals surface area contributed by atoms with E-state index in [1.807, 2.05) is 42.5 Å². The monoisotopic (exact) mass is 581 g/mol. The molecule has 3 heterocycles. The number of hydrogen-bond acceptors (Lipinski definition) is 6. The summed E-state index contributed by atoms with van der Waals surface area (Å²) in [4.78, 5) is 14.2. The number of rotatable bonds is 5. The number of benzene rings is 3. The first-order chi connectivity index (χ1) is 18.9. The zero-order chi connectivity index (χ0) is 27.1. The van der Waals surface area contributed by atoms with Crippen LogP contribution in [0.3, 0.4) is 0 Å². The molecule has 3 aromatic carbocycles. The summed E-state index contributed by atoms with van der Waals surface area (Å²) in [5.41, 5.74) is 9.98. The SMILES string of the molecule is Nc1c2c(-c3ccc(F)c(Cl)c3)nc(N3CCN(Cc4ccc(Cl)cc4)CC3)nc2nn1-c1ccccc1Cl. The molecule has 0 aliphatic carbocycles. The van der Waals surface area contributed by atoms with Crippen LogP contribution in [0, 0.1) is 5.82 Å². The quantitative estimate of drug-likeness (QED) is 0.255. The first-order valence-electron chi connectivity index (χ1n) is 12.4. The van der Waals surface area contributed by atoms with Gasteiger partial charge in [0.1, 0.15) is 11.6 Å². The zero-order valence-corrected chi connectivity index (χ0v) is 22.9. The van der Waals surface area contributed by atoms with E-state index < -0.39 is 5.82 Å². The minimum atomic E-state index is -0.512. The number of halogens is 4. The van der Waals surface area contributed by atoms with E-state index in [0.29, 0.717) is 44.8 Å². The Morgan fingerprint density at radius 3 is 2.31 bits per heavy atom. The second kappa shape index (κ2) is 10.6. The third-order valence-corrected chi connectivity index (χ3v) is 7.67. The Labute approximate surface area is 239 Å². The molecular weight excluding hydrogens is 560 g/mol. The molecule has 6 rings (SSSR count). The maximum Gasteiger partial charge on any atom is 0.228 e. The number of piperazine rings is 1. The standard InChI is InChI=1S/C28H23Cl3FN7/c29-19-8-5-17(6-9-19)16-37-11-13-38(14-12-37)28-34-25(18-7-10-22(32)21(31)15-18)24-26(33)39(36-27(24)35-28)23-4-2-1-3-20(23)30/h1-10,15H,11-14,16,33H2. The van der Waals surface area contributed by atoms with E-state index in [1.54, 1.807) is 22.9 Å². The molecule has 0 amide bonds. The van der Waals surface area contributed by atoms with E-state index in [4.69, 9.17) is 55.6 Å². The Bertz CT molecular complexity index is 1660. The molecule has 1 fully saturated rings. The molecule has 5 aromatic rings. The van der Waals surface area contributed by atoms with Crippen molar-refractivity contribution in [2.24, 2.45) is 0 Å². The van der Waals surface area contributed by atoms with Gasteiger partial charge in [0.25, 0.3) is 0 Å². The number of hydrogen-bond donors (Lipinski definition) is 1. The molecule has 2 N–H and O–H groups in total. The molecule has 39 heavy (non-hydrogen) atoms. The van der Waals surface area contributed by atoms with Gasteiger partial charge in [0.15, 0.2) is 5.65 Å². The van der Waals surface area contributed by atoms with Gasteiger partial charge in [-0.3, -0.25) is 4.90 Å². The van der Waals surface area contributed by atoms with E-state index >= 15 is 0 Å². The molecule has 0 spiro atoms. The number of nitrogens with two attached hydrogens (primary N) is 1. The van der Waals surface area contributed by atoms with Crippen LogP contribution in [0.25, 0.3) is 28.0 Å². The minimum absolute atomic E-state index is 0.00584. The van der Waals surface area contributed by atoms with Crippen molar-refractivity contribution in [2.75, 3.05) is 36.8 Å². The summed E-state index contributed by atoms with van der Waals surface area (Å²) in [5.74, 6) is 0.336. The number of nitrogens with zero attached hydrogens (tertiary/aromatic N) is 6. The zero-order valence-electron chi connectivity index (χ0n) is 20.7. The van der Waals surface area contributed by atoms with Crippen molar-refractivity contribution >= 4 is 57.6 Å². The third-order valence-electron chi connectivity index (χ3n) is 6.81. The Morgan fingerprint density at radius 2 is 1.59 bits per heavy atom. The van der Waals surface area contributed by atoms with Crippen LogP contribution in [0.2, 0.25) is 15.1 Å². The lowest BCUT2D eigenvalue weighted by Crippen LogP contribution is -2.46. The Morgan fingerprint density at radius 1 is 0.846 bits per heavy atom. The van der Waals surface area contributed by atoms with Gasteiger partial charge in [-0.05, 0) is 48.0 Å². The summed E-state index contributed by atoms with van der Waals surface area (Å²) in [6.45, 7) is 3.95. The largest absolute Gasteiger partial charge is 0.383 e. The van der Waals surface area contributed by atoms with E-state index in [0.717, 1.165) is 37.7 Å². The fraction of sp³-hybridized carbons (Fsp3) is 0.179. The number of aromatic nitrogens is 4. The molecule has 0 bridgehead atoms. The van der Waals surface area contributed by atoms with Crippen LogP contribution < -0.4 is 10.6 Å². The topological polar surface area (TPSA) is 76.1 Å². The molecule has 0 saturated carbocycles. The summed E-state index contributed by atoms with van der Waals surface area (Å²) in [5, 5.41) is 6.46. The molecule has 0 unspecified atom stereocenters. The number of para-hydroxylation sites is 1. The summed E-state index contributed by atoms with van der Waals surface area (Å²) in [7, 11) is 0. The van der Waals surface area contributed by atoms with E-state index in [9.17, 15) is 4.39 Å². The fourth-order valence-corrected chi connectivity index (χ4v) is 5.28. The highest BCUT2D eigenvalue weighted by Crippen LogP contribution is 2.36. The molecule has 1 aliphatic rings. The average Bonchev–Trinajstić information content (AvgIpc) is 3.27. The van der Waals surface area contributed by atoms with Crippen LogP contribution in [-0.2, 0) is 6.54 Å². The highest BCUT2D eigenvalue weighted by atomic mass is 35.5. The lowest BCUT2D eigenvalue weighted by Gasteiger charge is -2.34. The molecule has 198 valence electrons. The average molecular weight is 583 g/mol.